The number of nitrogens with zero attached hydrogens (tertiary/aromatic N) is 4. The highest BCUT2D eigenvalue weighted by atomic mass is 16.2. The standard InChI is InChI=1S/C28H34N6O2/c1-16(2)27(35)31-22-13-23(28(36)29-17(3)25-18(4)32-33(7)19(25)5)26-24(14-22)30-20(6)34(26)15-21-11-9-8-10-12-21/h8-14,16-17H,15H2,1-7H3,(H,29,36)(H,31,35). The molecule has 0 aliphatic heterocycles. The molecule has 4 rings (SSSR count). The van der Waals surface area contributed by atoms with E-state index in [1.54, 1.807) is 6.07 Å². The van der Waals surface area contributed by atoms with Crippen LogP contribution in [0.25, 0.3) is 11.0 Å². The average Bonchev–Trinajstić information content (AvgIpc) is 3.27. The molecule has 2 amide bonds. The van der Waals surface area contributed by atoms with Crippen molar-refractivity contribution in [3.05, 3.63) is 76.4 Å². The third-order valence-corrected chi connectivity index (χ3v) is 6.60. The van der Waals surface area contributed by atoms with E-state index in [4.69, 9.17) is 4.98 Å². The summed E-state index contributed by atoms with van der Waals surface area (Å²) in [4.78, 5) is 31.0. The zero-order chi connectivity index (χ0) is 26.1. The summed E-state index contributed by atoms with van der Waals surface area (Å²) < 4.78 is 3.88. The van der Waals surface area contributed by atoms with Crippen LogP contribution in [-0.4, -0.2) is 31.1 Å². The van der Waals surface area contributed by atoms with Crippen LogP contribution in [0.1, 0.15) is 65.5 Å². The van der Waals surface area contributed by atoms with Gasteiger partial charge in [-0.1, -0.05) is 44.2 Å². The number of hydrogen-bond acceptors (Lipinski definition) is 4. The van der Waals surface area contributed by atoms with Crippen molar-refractivity contribution in [3.63, 3.8) is 0 Å². The van der Waals surface area contributed by atoms with Crippen LogP contribution in [0.15, 0.2) is 42.5 Å². The number of carbonyl (C=O) groups is 2. The van der Waals surface area contributed by atoms with Crippen molar-refractivity contribution in [3.8, 4) is 0 Å². The number of aromatic nitrogens is 4. The lowest BCUT2D eigenvalue weighted by molar-refractivity contribution is -0.118. The Morgan fingerprint density at radius 3 is 2.33 bits per heavy atom. The van der Waals surface area contributed by atoms with E-state index in [0.717, 1.165) is 33.9 Å². The van der Waals surface area contributed by atoms with Crippen molar-refractivity contribution in [1.82, 2.24) is 24.6 Å². The molecule has 0 bridgehead atoms. The Balaban J connectivity index is 1.80. The molecule has 0 saturated heterocycles. The minimum Gasteiger partial charge on any atom is -0.345 e. The third-order valence-electron chi connectivity index (χ3n) is 6.60. The first-order valence-electron chi connectivity index (χ1n) is 12.2. The molecular weight excluding hydrogens is 452 g/mol. The number of anilines is 1. The lowest BCUT2D eigenvalue weighted by Crippen LogP contribution is -2.28. The number of fused-ring (bicyclic) bond motifs is 1. The van der Waals surface area contributed by atoms with E-state index in [0.29, 0.717) is 23.3 Å². The molecule has 1 atom stereocenters. The first-order valence-corrected chi connectivity index (χ1v) is 12.2. The van der Waals surface area contributed by atoms with E-state index in [-0.39, 0.29) is 23.8 Å². The van der Waals surface area contributed by atoms with Gasteiger partial charge in [0.25, 0.3) is 5.91 Å². The number of nitrogens with one attached hydrogen (secondary N) is 2. The van der Waals surface area contributed by atoms with Gasteiger partial charge in [-0.15, -0.1) is 0 Å². The maximum absolute atomic E-state index is 13.8. The van der Waals surface area contributed by atoms with Gasteiger partial charge in [-0.3, -0.25) is 14.3 Å². The van der Waals surface area contributed by atoms with Crippen molar-refractivity contribution in [2.24, 2.45) is 13.0 Å². The van der Waals surface area contributed by atoms with Gasteiger partial charge >= 0.3 is 0 Å². The summed E-state index contributed by atoms with van der Waals surface area (Å²) in [6.45, 7) is 12.1. The molecular formula is C28H34N6O2. The van der Waals surface area contributed by atoms with Crippen molar-refractivity contribution in [1.29, 1.82) is 0 Å². The van der Waals surface area contributed by atoms with E-state index in [1.807, 2.05) is 77.5 Å². The summed E-state index contributed by atoms with van der Waals surface area (Å²) in [5.74, 6) is 0.260. The van der Waals surface area contributed by atoms with Gasteiger partial charge in [0, 0.05) is 36.5 Å². The quantitative estimate of drug-likeness (QED) is 0.391. The Kier molecular flexibility index (Phi) is 6.97. The van der Waals surface area contributed by atoms with Gasteiger partial charge in [-0.05, 0) is 45.4 Å². The predicted octanol–water partition coefficient (Wildman–Crippen LogP) is 4.83. The van der Waals surface area contributed by atoms with Gasteiger partial charge in [0.15, 0.2) is 0 Å². The number of hydrogen-bond donors (Lipinski definition) is 2. The molecule has 188 valence electrons. The second-order valence-electron chi connectivity index (χ2n) is 9.67. The second kappa shape index (κ2) is 9.97. The maximum Gasteiger partial charge on any atom is 0.254 e. The SMILES string of the molecule is Cc1nn(C)c(C)c1C(C)NC(=O)c1cc(NC(=O)C(C)C)cc2nc(C)n(Cc3ccccc3)c12. The molecule has 36 heavy (non-hydrogen) atoms. The topological polar surface area (TPSA) is 93.8 Å². The normalized spacial score (nSPS) is 12.2. The molecule has 4 aromatic rings. The lowest BCUT2D eigenvalue weighted by atomic mass is 10.0. The van der Waals surface area contributed by atoms with Crippen LogP contribution in [0.3, 0.4) is 0 Å². The second-order valence-corrected chi connectivity index (χ2v) is 9.67. The molecule has 0 radical (unpaired) electrons. The van der Waals surface area contributed by atoms with Crippen molar-refractivity contribution in [2.75, 3.05) is 5.32 Å². The van der Waals surface area contributed by atoms with E-state index >= 15 is 0 Å². The molecule has 0 spiro atoms. The molecule has 0 aliphatic rings. The first-order chi connectivity index (χ1) is 17.1. The molecule has 2 aromatic carbocycles. The number of rotatable bonds is 7. The van der Waals surface area contributed by atoms with Crippen LogP contribution >= 0.6 is 0 Å². The lowest BCUT2D eigenvalue weighted by Gasteiger charge is -2.17. The highest BCUT2D eigenvalue weighted by Crippen LogP contribution is 2.28. The molecule has 8 nitrogen and oxygen atoms in total. The first kappa shape index (κ1) is 25.2. The van der Waals surface area contributed by atoms with E-state index in [2.05, 4.69) is 32.4 Å². The van der Waals surface area contributed by atoms with Crippen molar-refractivity contribution in [2.45, 2.75) is 54.1 Å². The zero-order valence-corrected chi connectivity index (χ0v) is 22.0. The Labute approximate surface area is 211 Å². The smallest absolute Gasteiger partial charge is 0.254 e. The number of carbonyl (C=O) groups excluding carboxylic acids is 2. The van der Waals surface area contributed by atoms with Crippen LogP contribution in [0.2, 0.25) is 0 Å². The molecule has 1 unspecified atom stereocenters. The number of imidazole rings is 1. The highest BCUT2D eigenvalue weighted by Gasteiger charge is 2.23. The van der Waals surface area contributed by atoms with Crippen molar-refractivity contribution >= 4 is 28.5 Å². The van der Waals surface area contributed by atoms with Gasteiger partial charge in [-0.2, -0.15) is 5.10 Å². The Hall–Kier alpha value is -3.94. The van der Waals surface area contributed by atoms with Gasteiger partial charge < -0.3 is 15.2 Å². The van der Waals surface area contributed by atoms with Gasteiger partial charge in [0.05, 0.1) is 28.3 Å². The van der Waals surface area contributed by atoms with Gasteiger partial charge in [0.1, 0.15) is 5.82 Å². The highest BCUT2D eigenvalue weighted by molar-refractivity contribution is 6.08. The molecule has 2 N–H and O–H groups in total. The van der Waals surface area contributed by atoms with Crippen LogP contribution in [0.5, 0.6) is 0 Å². The molecule has 0 aliphatic carbocycles. The summed E-state index contributed by atoms with van der Waals surface area (Å²) in [5, 5.41) is 10.6. The Morgan fingerprint density at radius 1 is 1.03 bits per heavy atom. The number of amides is 2. The van der Waals surface area contributed by atoms with Crippen LogP contribution in [-0.2, 0) is 18.4 Å². The molecule has 0 fully saturated rings. The fourth-order valence-corrected chi connectivity index (χ4v) is 4.64. The third kappa shape index (κ3) is 4.89. The molecule has 2 heterocycles. The summed E-state index contributed by atoms with van der Waals surface area (Å²) >= 11 is 0. The zero-order valence-electron chi connectivity index (χ0n) is 22.0. The monoisotopic (exact) mass is 486 g/mol. The van der Waals surface area contributed by atoms with Crippen LogP contribution < -0.4 is 10.6 Å². The molecule has 8 heteroatoms. The largest absolute Gasteiger partial charge is 0.345 e. The summed E-state index contributed by atoms with van der Waals surface area (Å²) in [6, 6.07) is 13.4. The average molecular weight is 487 g/mol. The summed E-state index contributed by atoms with van der Waals surface area (Å²) in [5.41, 5.74) is 6.42. The summed E-state index contributed by atoms with van der Waals surface area (Å²) in [7, 11) is 1.90. The predicted molar refractivity (Wildman–Crippen MR) is 142 cm³/mol. The van der Waals surface area contributed by atoms with E-state index in [9.17, 15) is 9.59 Å². The molecule has 0 saturated carbocycles. The van der Waals surface area contributed by atoms with Crippen LogP contribution in [0.4, 0.5) is 5.69 Å². The minimum atomic E-state index is -0.248. The number of aryl methyl sites for hydroxylation is 3. The van der Waals surface area contributed by atoms with Crippen molar-refractivity contribution < 1.29 is 9.59 Å². The maximum atomic E-state index is 13.8. The Bertz CT molecular complexity index is 1430. The summed E-state index contributed by atoms with van der Waals surface area (Å²) in [6.07, 6.45) is 0. The molecule has 2 aromatic heterocycles. The fraction of sp³-hybridized carbons (Fsp3) is 0.357. The number of benzene rings is 2. The fourth-order valence-electron chi connectivity index (χ4n) is 4.64. The van der Waals surface area contributed by atoms with E-state index < -0.39 is 0 Å². The van der Waals surface area contributed by atoms with Gasteiger partial charge in [-0.25, -0.2) is 4.98 Å². The minimum absolute atomic E-state index is 0.115. The van der Waals surface area contributed by atoms with E-state index in [1.165, 1.54) is 0 Å². The van der Waals surface area contributed by atoms with Gasteiger partial charge in [0.2, 0.25) is 5.91 Å². The Morgan fingerprint density at radius 2 is 1.72 bits per heavy atom. The van der Waals surface area contributed by atoms with Crippen LogP contribution in [0, 0.1) is 26.7 Å².